The number of hydrogen-bond donors (Lipinski definition) is 1. The molecule has 118 valence electrons. The molecule has 2 heterocycles. The number of rotatable bonds is 5. The molecule has 2 aromatic rings. The van der Waals surface area contributed by atoms with Gasteiger partial charge in [-0.05, 0) is 43.5 Å². The molecule has 1 atom stereocenters. The van der Waals surface area contributed by atoms with Crippen LogP contribution in [-0.2, 0) is 12.8 Å². The molecule has 1 aliphatic rings. The Labute approximate surface area is 136 Å². The molecule has 0 spiro atoms. The minimum atomic E-state index is 0.263. The summed E-state index contributed by atoms with van der Waals surface area (Å²) in [6, 6.07) is 8.96. The molecule has 0 amide bonds. The molecule has 0 radical (unpaired) electrons. The summed E-state index contributed by atoms with van der Waals surface area (Å²) in [7, 11) is 1.70. The topological polar surface area (TPSA) is 30.5 Å². The number of hydrogen-bond acceptors (Lipinski definition) is 4. The quantitative estimate of drug-likeness (QED) is 0.905. The Morgan fingerprint density at radius 3 is 2.77 bits per heavy atom. The van der Waals surface area contributed by atoms with Crippen LogP contribution in [-0.4, -0.2) is 20.3 Å². The van der Waals surface area contributed by atoms with Gasteiger partial charge in [0.1, 0.15) is 0 Å². The van der Waals surface area contributed by atoms with Crippen LogP contribution in [0.25, 0.3) is 0 Å². The number of aryl methyl sites for hydroxylation is 1. The van der Waals surface area contributed by atoms with Crippen molar-refractivity contribution in [3.8, 4) is 11.5 Å². The van der Waals surface area contributed by atoms with E-state index in [1.807, 2.05) is 24.3 Å². The average Bonchev–Trinajstić information content (AvgIpc) is 3.03. The standard InChI is InChI=1S/C18H23NO2S/c1-4-12-6-9-16(22-12)17-13-7-8-15(20-3)18(21-5-2)14(13)10-11-19-17/h6-9,17,19H,4-5,10-11H2,1-3H3. The highest BCUT2D eigenvalue weighted by atomic mass is 32.1. The van der Waals surface area contributed by atoms with E-state index >= 15 is 0 Å². The third-order valence-electron chi connectivity index (χ3n) is 4.12. The summed E-state index contributed by atoms with van der Waals surface area (Å²) in [6.07, 6.45) is 2.07. The number of ether oxygens (including phenoxy) is 2. The molecule has 22 heavy (non-hydrogen) atoms. The molecule has 0 saturated carbocycles. The molecule has 0 aliphatic carbocycles. The predicted molar refractivity (Wildman–Crippen MR) is 91.4 cm³/mol. The molecule has 1 unspecified atom stereocenters. The van der Waals surface area contributed by atoms with Gasteiger partial charge >= 0.3 is 0 Å². The zero-order valence-electron chi connectivity index (χ0n) is 13.4. The molecule has 1 aliphatic heterocycles. The van der Waals surface area contributed by atoms with E-state index in [2.05, 4.69) is 30.4 Å². The van der Waals surface area contributed by atoms with Gasteiger partial charge in [-0.2, -0.15) is 0 Å². The molecular formula is C18H23NO2S. The van der Waals surface area contributed by atoms with E-state index in [0.717, 1.165) is 30.9 Å². The highest BCUT2D eigenvalue weighted by molar-refractivity contribution is 7.12. The van der Waals surface area contributed by atoms with E-state index in [-0.39, 0.29) is 6.04 Å². The monoisotopic (exact) mass is 317 g/mol. The first kappa shape index (κ1) is 15.4. The molecule has 3 nitrogen and oxygen atoms in total. The van der Waals surface area contributed by atoms with Gasteiger partial charge in [0.15, 0.2) is 11.5 Å². The van der Waals surface area contributed by atoms with Crippen LogP contribution in [0.2, 0.25) is 0 Å². The Balaban J connectivity index is 2.04. The van der Waals surface area contributed by atoms with E-state index in [9.17, 15) is 0 Å². The Hall–Kier alpha value is -1.52. The second kappa shape index (κ2) is 6.71. The lowest BCUT2D eigenvalue weighted by atomic mass is 9.92. The van der Waals surface area contributed by atoms with Crippen LogP contribution in [0.4, 0.5) is 0 Å². The average molecular weight is 317 g/mol. The first-order valence-electron chi connectivity index (χ1n) is 7.93. The molecule has 1 aromatic heterocycles. The van der Waals surface area contributed by atoms with Crippen molar-refractivity contribution >= 4 is 11.3 Å². The highest BCUT2D eigenvalue weighted by Crippen LogP contribution is 2.41. The molecule has 1 aromatic carbocycles. The van der Waals surface area contributed by atoms with Crippen molar-refractivity contribution in [2.24, 2.45) is 0 Å². The molecule has 0 bridgehead atoms. The molecule has 0 saturated heterocycles. The minimum Gasteiger partial charge on any atom is -0.493 e. The molecule has 3 rings (SSSR count). The lowest BCUT2D eigenvalue weighted by Gasteiger charge is -2.28. The largest absolute Gasteiger partial charge is 0.493 e. The Bertz CT molecular complexity index is 651. The van der Waals surface area contributed by atoms with Crippen molar-refractivity contribution in [2.45, 2.75) is 32.7 Å². The van der Waals surface area contributed by atoms with E-state index in [1.165, 1.54) is 20.9 Å². The van der Waals surface area contributed by atoms with Crippen molar-refractivity contribution in [3.63, 3.8) is 0 Å². The molecule has 0 fully saturated rings. The van der Waals surface area contributed by atoms with Crippen molar-refractivity contribution in [1.82, 2.24) is 5.32 Å². The Morgan fingerprint density at radius 1 is 1.23 bits per heavy atom. The van der Waals surface area contributed by atoms with Gasteiger partial charge < -0.3 is 14.8 Å². The zero-order chi connectivity index (χ0) is 15.5. The fraction of sp³-hybridized carbons (Fsp3) is 0.444. The van der Waals surface area contributed by atoms with Crippen LogP contribution in [0.3, 0.4) is 0 Å². The normalized spacial score (nSPS) is 17.1. The number of nitrogens with one attached hydrogen (secondary N) is 1. The second-order valence-electron chi connectivity index (χ2n) is 5.39. The number of benzene rings is 1. The van der Waals surface area contributed by atoms with Gasteiger partial charge in [-0.3, -0.25) is 0 Å². The molecular weight excluding hydrogens is 294 g/mol. The van der Waals surface area contributed by atoms with Gasteiger partial charge in [0.2, 0.25) is 0 Å². The molecule has 1 N–H and O–H groups in total. The predicted octanol–water partition coefficient (Wildman–Crippen LogP) is 3.95. The summed E-state index contributed by atoms with van der Waals surface area (Å²) in [4.78, 5) is 2.81. The number of thiophene rings is 1. The van der Waals surface area contributed by atoms with E-state index < -0.39 is 0 Å². The van der Waals surface area contributed by atoms with Gasteiger partial charge in [-0.1, -0.05) is 13.0 Å². The summed E-state index contributed by atoms with van der Waals surface area (Å²) in [6.45, 7) is 5.84. The van der Waals surface area contributed by atoms with Gasteiger partial charge in [0.25, 0.3) is 0 Å². The van der Waals surface area contributed by atoms with Crippen LogP contribution in [0.5, 0.6) is 11.5 Å². The summed E-state index contributed by atoms with van der Waals surface area (Å²) in [5.41, 5.74) is 2.61. The fourth-order valence-electron chi connectivity index (χ4n) is 3.06. The van der Waals surface area contributed by atoms with Crippen LogP contribution in [0.15, 0.2) is 24.3 Å². The first-order valence-corrected chi connectivity index (χ1v) is 8.74. The Morgan fingerprint density at radius 2 is 2.09 bits per heavy atom. The van der Waals surface area contributed by atoms with E-state index in [0.29, 0.717) is 6.61 Å². The lowest BCUT2D eigenvalue weighted by molar-refractivity contribution is 0.305. The van der Waals surface area contributed by atoms with Gasteiger partial charge in [0, 0.05) is 21.9 Å². The number of methoxy groups -OCH3 is 1. The maximum absolute atomic E-state index is 5.89. The highest BCUT2D eigenvalue weighted by Gasteiger charge is 2.26. The van der Waals surface area contributed by atoms with Crippen LogP contribution < -0.4 is 14.8 Å². The second-order valence-corrected chi connectivity index (χ2v) is 6.59. The van der Waals surface area contributed by atoms with E-state index in [1.54, 1.807) is 7.11 Å². The van der Waals surface area contributed by atoms with Gasteiger partial charge in [-0.15, -0.1) is 11.3 Å². The number of fused-ring (bicyclic) bond motifs is 1. The molecule has 4 heteroatoms. The smallest absolute Gasteiger partial charge is 0.164 e. The fourth-order valence-corrected chi connectivity index (χ4v) is 4.11. The van der Waals surface area contributed by atoms with Gasteiger partial charge in [-0.25, -0.2) is 0 Å². The lowest BCUT2D eigenvalue weighted by Crippen LogP contribution is -2.30. The zero-order valence-corrected chi connectivity index (χ0v) is 14.3. The Kier molecular flexibility index (Phi) is 4.69. The summed E-state index contributed by atoms with van der Waals surface area (Å²) in [5.74, 6) is 1.75. The summed E-state index contributed by atoms with van der Waals surface area (Å²) in [5, 5.41) is 3.65. The SMILES string of the molecule is CCOc1c(OC)ccc2c1CCNC2c1ccc(CC)s1. The van der Waals surface area contributed by atoms with E-state index in [4.69, 9.17) is 9.47 Å². The first-order chi connectivity index (χ1) is 10.8. The maximum Gasteiger partial charge on any atom is 0.164 e. The minimum absolute atomic E-state index is 0.263. The third-order valence-corrected chi connectivity index (χ3v) is 5.41. The summed E-state index contributed by atoms with van der Waals surface area (Å²) < 4.78 is 11.4. The third kappa shape index (κ3) is 2.73. The van der Waals surface area contributed by atoms with Crippen molar-refractivity contribution < 1.29 is 9.47 Å². The van der Waals surface area contributed by atoms with Crippen molar-refractivity contribution in [1.29, 1.82) is 0 Å². The summed E-state index contributed by atoms with van der Waals surface area (Å²) >= 11 is 1.90. The van der Waals surface area contributed by atoms with Crippen molar-refractivity contribution in [2.75, 3.05) is 20.3 Å². The van der Waals surface area contributed by atoms with Crippen molar-refractivity contribution in [3.05, 3.63) is 45.1 Å². The van der Waals surface area contributed by atoms with Crippen LogP contribution in [0, 0.1) is 0 Å². The maximum atomic E-state index is 5.89. The van der Waals surface area contributed by atoms with Crippen LogP contribution in [0.1, 0.15) is 40.8 Å². The van der Waals surface area contributed by atoms with Crippen LogP contribution >= 0.6 is 11.3 Å². The van der Waals surface area contributed by atoms with Gasteiger partial charge in [0.05, 0.1) is 19.8 Å².